The van der Waals surface area contributed by atoms with Gasteiger partial charge in [0.1, 0.15) is 0 Å². The van der Waals surface area contributed by atoms with Crippen LogP contribution in [0.1, 0.15) is 11.1 Å². The summed E-state index contributed by atoms with van der Waals surface area (Å²) in [5.41, 5.74) is 0.492. The van der Waals surface area contributed by atoms with Gasteiger partial charge in [0, 0.05) is 6.07 Å². The van der Waals surface area contributed by atoms with Gasteiger partial charge in [-0.1, -0.05) is 18.2 Å². The smallest absolute Gasteiger partial charge is 0.236 e. The van der Waals surface area contributed by atoms with Crippen molar-refractivity contribution in [2.24, 2.45) is 0 Å². The van der Waals surface area contributed by atoms with Crippen LogP contribution in [0.25, 0.3) is 0 Å². The number of nitrogens with one attached hydrogen (secondary N) is 1. The van der Waals surface area contributed by atoms with Crippen LogP contribution in [0.3, 0.4) is 0 Å². The van der Waals surface area contributed by atoms with Crippen molar-refractivity contribution < 1.29 is 17.2 Å². The van der Waals surface area contributed by atoms with Crippen molar-refractivity contribution in [1.29, 1.82) is 5.26 Å². The average molecular weight is 308 g/mol. The number of hydrogen-bond acceptors (Lipinski definition) is 3. The number of rotatable bonds is 4. The van der Waals surface area contributed by atoms with Gasteiger partial charge in [-0.3, -0.25) is 4.72 Å². The summed E-state index contributed by atoms with van der Waals surface area (Å²) in [6, 6.07) is 10.9. The number of benzene rings is 2. The van der Waals surface area contributed by atoms with Crippen LogP contribution in [0, 0.1) is 23.0 Å². The molecule has 21 heavy (non-hydrogen) atoms. The van der Waals surface area contributed by atoms with Gasteiger partial charge >= 0.3 is 0 Å². The first-order valence-electron chi connectivity index (χ1n) is 5.85. The topological polar surface area (TPSA) is 70.0 Å². The Hall–Kier alpha value is -2.46. The van der Waals surface area contributed by atoms with Crippen molar-refractivity contribution in [2.45, 2.75) is 5.75 Å². The molecular weight excluding hydrogens is 298 g/mol. The first kappa shape index (κ1) is 14.9. The van der Waals surface area contributed by atoms with E-state index in [1.165, 1.54) is 12.1 Å². The Morgan fingerprint density at radius 3 is 2.48 bits per heavy atom. The molecule has 0 saturated carbocycles. The molecule has 2 rings (SSSR count). The van der Waals surface area contributed by atoms with Crippen LogP contribution in [0.4, 0.5) is 14.5 Å². The summed E-state index contributed by atoms with van der Waals surface area (Å²) >= 11 is 0. The molecule has 0 amide bonds. The molecule has 2 aromatic rings. The van der Waals surface area contributed by atoms with Gasteiger partial charge in [0.2, 0.25) is 10.0 Å². The van der Waals surface area contributed by atoms with Crippen molar-refractivity contribution in [2.75, 3.05) is 4.72 Å². The van der Waals surface area contributed by atoms with Crippen LogP contribution in [-0.4, -0.2) is 8.42 Å². The van der Waals surface area contributed by atoms with Crippen LogP contribution in [-0.2, 0) is 15.8 Å². The molecule has 0 aromatic heterocycles. The standard InChI is InChI=1S/C14H10F2N2O2S/c15-13-6-5-12(7-14(13)16)18-21(19,20)9-11-4-2-1-3-10(11)8-17/h1-7,18H,9H2. The third kappa shape index (κ3) is 3.77. The molecule has 0 fully saturated rings. The zero-order valence-corrected chi connectivity index (χ0v) is 11.5. The largest absolute Gasteiger partial charge is 0.283 e. The lowest BCUT2D eigenvalue weighted by atomic mass is 10.1. The van der Waals surface area contributed by atoms with E-state index in [9.17, 15) is 17.2 Å². The second kappa shape index (κ2) is 5.89. The number of nitrogens with zero attached hydrogens (tertiary/aromatic N) is 1. The first-order chi connectivity index (χ1) is 9.91. The lowest BCUT2D eigenvalue weighted by Gasteiger charge is -2.09. The zero-order chi connectivity index (χ0) is 15.5. The molecule has 108 valence electrons. The fourth-order valence-electron chi connectivity index (χ4n) is 1.74. The van der Waals surface area contributed by atoms with Gasteiger partial charge in [-0.2, -0.15) is 5.26 Å². The molecule has 1 N–H and O–H groups in total. The van der Waals surface area contributed by atoms with Crippen LogP contribution in [0.5, 0.6) is 0 Å². The monoisotopic (exact) mass is 308 g/mol. The second-order valence-corrected chi connectivity index (χ2v) is 5.98. The first-order valence-corrected chi connectivity index (χ1v) is 7.50. The molecule has 4 nitrogen and oxygen atoms in total. The minimum absolute atomic E-state index is 0.0802. The average Bonchev–Trinajstić information content (AvgIpc) is 2.43. The maximum atomic E-state index is 13.0. The number of hydrogen-bond donors (Lipinski definition) is 1. The lowest BCUT2D eigenvalue weighted by Crippen LogP contribution is -2.16. The highest BCUT2D eigenvalue weighted by Gasteiger charge is 2.15. The summed E-state index contributed by atoms with van der Waals surface area (Å²) in [7, 11) is -3.84. The van der Waals surface area contributed by atoms with Gasteiger partial charge in [0.05, 0.1) is 23.1 Å². The van der Waals surface area contributed by atoms with Crippen molar-refractivity contribution in [3.63, 3.8) is 0 Å². The predicted octanol–water partition coefficient (Wildman–Crippen LogP) is 2.78. The van der Waals surface area contributed by atoms with Crippen LogP contribution in [0.2, 0.25) is 0 Å². The van der Waals surface area contributed by atoms with E-state index < -0.39 is 27.4 Å². The quantitative estimate of drug-likeness (QED) is 0.944. The minimum Gasteiger partial charge on any atom is -0.283 e. The molecule has 0 spiro atoms. The van der Waals surface area contributed by atoms with Gasteiger partial charge in [-0.25, -0.2) is 17.2 Å². The number of sulfonamides is 1. The normalized spacial score (nSPS) is 10.9. The highest BCUT2D eigenvalue weighted by molar-refractivity contribution is 7.91. The molecule has 0 radical (unpaired) electrons. The van der Waals surface area contributed by atoms with Crippen molar-refractivity contribution in [3.8, 4) is 6.07 Å². The summed E-state index contributed by atoms with van der Waals surface area (Å²) in [5, 5.41) is 8.92. The second-order valence-electron chi connectivity index (χ2n) is 4.26. The number of anilines is 1. The highest BCUT2D eigenvalue weighted by Crippen LogP contribution is 2.17. The molecule has 0 bridgehead atoms. The zero-order valence-electron chi connectivity index (χ0n) is 10.7. The van der Waals surface area contributed by atoms with E-state index in [1.807, 2.05) is 6.07 Å². The molecule has 0 aliphatic heterocycles. The fraction of sp³-hybridized carbons (Fsp3) is 0.0714. The van der Waals surface area contributed by atoms with Crippen LogP contribution < -0.4 is 4.72 Å². The summed E-state index contributed by atoms with van der Waals surface area (Å²) < 4.78 is 52.0. The molecule has 0 atom stereocenters. The summed E-state index contributed by atoms with van der Waals surface area (Å²) in [4.78, 5) is 0. The van der Waals surface area contributed by atoms with Crippen LogP contribution >= 0.6 is 0 Å². The third-order valence-electron chi connectivity index (χ3n) is 2.68. The van der Waals surface area contributed by atoms with Crippen molar-refractivity contribution in [3.05, 3.63) is 65.2 Å². The van der Waals surface area contributed by atoms with E-state index in [2.05, 4.69) is 4.72 Å². The van der Waals surface area contributed by atoms with E-state index in [1.54, 1.807) is 12.1 Å². The molecule has 0 aliphatic rings. The van der Waals surface area contributed by atoms with Gasteiger partial charge < -0.3 is 0 Å². The Labute approximate surface area is 120 Å². The van der Waals surface area contributed by atoms with E-state index >= 15 is 0 Å². The van der Waals surface area contributed by atoms with Crippen LogP contribution in [0.15, 0.2) is 42.5 Å². The minimum atomic E-state index is -3.84. The van der Waals surface area contributed by atoms with Gasteiger partial charge in [-0.15, -0.1) is 0 Å². The Morgan fingerprint density at radius 2 is 1.81 bits per heavy atom. The van der Waals surface area contributed by atoms with Gasteiger partial charge in [0.25, 0.3) is 0 Å². The van der Waals surface area contributed by atoms with E-state index in [-0.39, 0.29) is 11.3 Å². The molecule has 0 aliphatic carbocycles. The summed E-state index contributed by atoms with van der Waals surface area (Å²) in [6.07, 6.45) is 0. The lowest BCUT2D eigenvalue weighted by molar-refractivity contribution is 0.509. The third-order valence-corrected chi connectivity index (χ3v) is 3.91. The Bertz CT molecular complexity index is 814. The summed E-state index contributed by atoms with van der Waals surface area (Å²) in [6.45, 7) is 0. The molecular formula is C14H10F2N2O2S. The Kier molecular flexibility index (Phi) is 4.19. The molecule has 0 saturated heterocycles. The number of halogens is 2. The Balaban J connectivity index is 2.23. The van der Waals surface area contributed by atoms with Crippen molar-refractivity contribution in [1.82, 2.24) is 0 Å². The summed E-state index contributed by atoms with van der Waals surface area (Å²) in [5.74, 6) is -2.64. The van der Waals surface area contributed by atoms with Gasteiger partial charge in [-0.05, 0) is 23.8 Å². The molecule has 2 aromatic carbocycles. The fourth-order valence-corrected chi connectivity index (χ4v) is 2.95. The molecule has 0 unspecified atom stereocenters. The SMILES string of the molecule is N#Cc1ccccc1CS(=O)(=O)Nc1ccc(F)c(F)c1. The molecule has 7 heteroatoms. The predicted molar refractivity (Wildman–Crippen MR) is 73.8 cm³/mol. The molecule has 0 heterocycles. The van der Waals surface area contributed by atoms with E-state index in [4.69, 9.17) is 5.26 Å². The highest BCUT2D eigenvalue weighted by atomic mass is 32.2. The maximum Gasteiger partial charge on any atom is 0.236 e. The number of nitriles is 1. The van der Waals surface area contributed by atoms with E-state index in [0.717, 1.165) is 18.2 Å². The van der Waals surface area contributed by atoms with E-state index in [0.29, 0.717) is 5.56 Å². The maximum absolute atomic E-state index is 13.0. The Morgan fingerprint density at radius 1 is 1.10 bits per heavy atom. The van der Waals surface area contributed by atoms with Crippen molar-refractivity contribution >= 4 is 15.7 Å². The van der Waals surface area contributed by atoms with Gasteiger partial charge in [0.15, 0.2) is 11.6 Å².